The molecule has 0 bridgehead atoms. The Balaban J connectivity index is 2.19. The van der Waals surface area contributed by atoms with Gasteiger partial charge in [0.05, 0.1) is 0 Å². The van der Waals surface area contributed by atoms with Gasteiger partial charge in [-0.05, 0) is 35.9 Å². The van der Waals surface area contributed by atoms with Crippen molar-refractivity contribution in [2.45, 2.75) is 6.54 Å². The molecule has 94 valence electrons. The summed E-state index contributed by atoms with van der Waals surface area (Å²) >= 11 is 9.22. The highest BCUT2D eigenvalue weighted by atomic mass is 79.9. The first-order chi connectivity index (χ1) is 8.58. The van der Waals surface area contributed by atoms with Crippen molar-refractivity contribution in [3.8, 4) is 0 Å². The van der Waals surface area contributed by atoms with E-state index in [0.717, 1.165) is 10.0 Å². The molecule has 0 saturated heterocycles. The first kappa shape index (κ1) is 13.3. The quantitative estimate of drug-likeness (QED) is 0.834. The Labute approximate surface area is 117 Å². The van der Waals surface area contributed by atoms with Crippen LogP contribution in [0.2, 0.25) is 5.02 Å². The largest absolute Gasteiger partial charge is 0.376 e. The van der Waals surface area contributed by atoms with Crippen molar-refractivity contribution in [3.63, 3.8) is 0 Å². The zero-order valence-corrected chi connectivity index (χ0v) is 11.5. The third-order valence-electron chi connectivity index (χ3n) is 2.43. The highest BCUT2D eigenvalue weighted by Crippen LogP contribution is 2.24. The number of hydrogen-bond donors (Lipinski definition) is 1. The highest BCUT2D eigenvalue weighted by Gasteiger charge is 2.08. The molecular weight excluding hydrogens is 324 g/mol. The summed E-state index contributed by atoms with van der Waals surface area (Å²) in [5, 5.41) is 3.30. The zero-order chi connectivity index (χ0) is 13.1. The Morgan fingerprint density at radius 1 is 1.11 bits per heavy atom. The molecule has 0 aromatic heterocycles. The van der Waals surface area contributed by atoms with Crippen LogP contribution in [0.4, 0.5) is 14.5 Å². The van der Waals surface area contributed by atoms with Crippen molar-refractivity contribution in [2.24, 2.45) is 0 Å². The van der Waals surface area contributed by atoms with Gasteiger partial charge < -0.3 is 5.32 Å². The Morgan fingerprint density at radius 2 is 1.78 bits per heavy atom. The molecule has 1 N–H and O–H groups in total. The minimum absolute atomic E-state index is 0.135. The molecule has 2 rings (SSSR count). The minimum Gasteiger partial charge on any atom is -0.376 e. The van der Waals surface area contributed by atoms with Crippen LogP contribution in [0.5, 0.6) is 0 Å². The van der Waals surface area contributed by atoms with Gasteiger partial charge in [-0.2, -0.15) is 0 Å². The van der Waals surface area contributed by atoms with E-state index in [4.69, 9.17) is 11.6 Å². The lowest BCUT2D eigenvalue weighted by atomic mass is 10.2. The molecule has 0 aliphatic rings. The van der Waals surface area contributed by atoms with Gasteiger partial charge in [0, 0.05) is 16.0 Å². The minimum atomic E-state index is -0.617. The van der Waals surface area contributed by atoms with E-state index < -0.39 is 11.6 Å². The van der Waals surface area contributed by atoms with Gasteiger partial charge in [0.15, 0.2) is 0 Å². The van der Waals surface area contributed by atoms with E-state index in [1.54, 1.807) is 18.2 Å². The molecule has 1 nitrogen and oxygen atoms in total. The first-order valence-electron chi connectivity index (χ1n) is 5.20. The average molecular weight is 333 g/mol. The van der Waals surface area contributed by atoms with Gasteiger partial charge in [-0.3, -0.25) is 0 Å². The summed E-state index contributed by atoms with van der Waals surface area (Å²) < 4.78 is 27.6. The SMILES string of the molecule is Fc1cccc(F)c1NCc1cc(Cl)ccc1Br. The van der Waals surface area contributed by atoms with E-state index in [9.17, 15) is 8.78 Å². The Kier molecular flexibility index (Phi) is 4.19. The molecule has 0 unspecified atom stereocenters. The lowest BCUT2D eigenvalue weighted by Crippen LogP contribution is -2.04. The van der Waals surface area contributed by atoms with Gasteiger partial charge in [0.25, 0.3) is 0 Å². The molecule has 2 aromatic rings. The van der Waals surface area contributed by atoms with E-state index in [0.29, 0.717) is 5.02 Å². The van der Waals surface area contributed by atoms with Crippen LogP contribution >= 0.6 is 27.5 Å². The second kappa shape index (κ2) is 5.67. The number of hydrogen-bond acceptors (Lipinski definition) is 1. The number of anilines is 1. The van der Waals surface area contributed by atoms with E-state index in [1.807, 2.05) is 0 Å². The van der Waals surface area contributed by atoms with Gasteiger partial charge in [-0.1, -0.05) is 33.6 Å². The number of para-hydroxylation sites is 1. The normalized spacial score (nSPS) is 10.4. The van der Waals surface area contributed by atoms with Crippen molar-refractivity contribution < 1.29 is 8.78 Å². The van der Waals surface area contributed by atoms with Crippen LogP contribution in [0.1, 0.15) is 5.56 Å². The Hall–Kier alpha value is -1.13. The Bertz CT molecular complexity index is 555. The molecule has 0 amide bonds. The summed E-state index contributed by atoms with van der Waals surface area (Å²) in [5.41, 5.74) is 0.689. The van der Waals surface area contributed by atoms with E-state index >= 15 is 0 Å². The van der Waals surface area contributed by atoms with E-state index in [2.05, 4.69) is 21.2 Å². The molecule has 0 spiro atoms. The second-order valence-corrected chi connectivity index (χ2v) is 4.98. The van der Waals surface area contributed by atoms with Crippen LogP contribution in [0.15, 0.2) is 40.9 Å². The maximum absolute atomic E-state index is 13.4. The van der Waals surface area contributed by atoms with Crippen molar-refractivity contribution in [1.29, 1.82) is 0 Å². The summed E-state index contributed by atoms with van der Waals surface area (Å²) in [6.45, 7) is 0.277. The summed E-state index contributed by atoms with van der Waals surface area (Å²) in [6, 6.07) is 9.00. The monoisotopic (exact) mass is 331 g/mol. The Morgan fingerprint density at radius 3 is 2.44 bits per heavy atom. The predicted molar refractivity (Wildman–Crippen MR) is 72.8 cm³/mol. The maximum atomic E-state index is 13.4. The highest BCUT2D eigenvalue weighted by molar-refractivity contribution is 9.10. The second-order valence-electron chi connectivity index (χ2n) is 3.69. The fraction of sp³-hybridized carbons (Fsp3) is 0.0769. The van der Waals surface area contributed by atoms with Crippen molar-refractivity contribution >= 4 is 33.2 Å². The van der Waals surface area contributed by atoms with Crippen LogP contribution in [0.3, 0.4) is 0 Å². The fourth-order valence-electron chi connectivity index (χ4n) is 1.53. The van der Waals surface area contributed by atoms with Crippen molar-refractivity contribution in [3.05, 3.63) is 63.1 Å². The molecule has 0 atom stereocenters. The summed E-state index contributed by atoms with van der Waals surface area (Å²) in [6.07, 6.45) is 0. The zero-order valence-electron chi connectivity index (χ0n) is 9.18. The predicted octanol–water partition coefficient (Wildman–Crippen LogP) is 4.99. The molecule has 2 aromatic carbocycles. The maximum Gasteiger partial charge on any atom is 0.149 e. The summed E-state index contributed by atoms with van der Waals surface area (Å²) in [4.78, 5) is 0. The molecule has 18 heavy (non-hydrogen) atoms. The molecule has 0 aliphatic carbocycles. The fourth-order valence-corrected chi connectivity index (χ4v) is 2.11. The summed E-state index contributed by atoms with van der Waals surface area (Å²) in [7, 11) is 0. The molecular formula is C13H9BrClF2N. The van der Waals surface area contributed by atoms with Crippen LogP contribution in [0.25, 0.3) is 0 Å². The molecule has 0 aliphatic heterocycles. The van der Waals surface area contributed by atoms with Crippen molar-refractivity contribution in [1.82, 2.24) is 0 Å². The van der Waals surface area contributed by atoms with Crippen LogP contribution in [0, 0.1) is 11.6 Å². The lowest BCUT2D eigenvalue weighted by molar-refractivity contribution is 0.588. The third kappa shape index (κ3) is 3.00. The van der Waals surface area contributed by atoms with Crippen LogP contribution in [-0.4, -0.2) is 0 Å². The lowest BCUT2D eigenvalue weighted by Gasteiger charge is -2.10. The van der Waals surface area contributed by atoms with E-state index in [-0.39, 0.29) is 12.2 Å². The van der Waals surface area contributed by atoms with Gasteiger partial charge in [0.2, 0.25) is 0 Å². The molecule has 5 heteroatoms. The average Bonchev–Trinajstić information content (AvgIpc) is 2.33. The van der Waals surface area contributed by atoms with Gasteiger partial charge in [-0.15, -0.1) is 0 Å². The van der Waals surface area contributed by atoms with Crippen LogP contribution < -0.4 is 5.32 Å². The standard InChI is InChI=1S/C13H9BrClF2N/c14-10-5-4-9(15)6-8(10)7-18-13-11(16)2-1-3-12(13)17/h1-6,18H,7H2. The van der Waals surface area contributed by atoms with Gasteiger partial charge in [0.1, 0.15) is 17.3 Å². The number of halogens is 4. The van der Waals surface area contributed by atoms with Gasteiger partial charge in [-0.25, -0.2) is 8.78 Å². The first-order valence-corrected chi connectivity index (χ1v) is 6.37. The van der Waals surface area contributed by atoms with Gasteiger partial charge >= 0.3 is 0 Å². The number of benzene rings is 2. The van der Waals surface area contributed by atoms with Crippen LogP contribution in [-0.2, 0) is 6.54 Å². The molecule has 0 radical (unpaired) electrons. The van der Waals surface area contributed by atoms with Crippen molar-refractivity contribution in [2.75, 3.05) is 5.32 Å². The number of nitrogens with one attached hydrogen (secondary N) is 1. The smallest absolute Gasteiger partial charge is 0.149 e. The molecule has 0 fully saturated rings. The molecule has 0 heterocycles. The third-order valence-corrected chi connectivity index (χ3v) is 3.43. The molecule has 0 saturated carbocycles. The summed E-state index contributed by atoms with van der Waals surface area (Å²) in [5.74, 6) is -1.23. The number of rotatable bonds is 3. The van der Waals surface area contributed by atoms with E-state index in [1.165, 1.54) is 18.2 Å². The topological polar surface area (TPSA) is 12.0 Å².